The molecule has 1 aromatic rings. The molecular weight excluding hydrogens is 334 g/mol. The third-order valence-electron chi connectivity index (χ3n) is 5.57. The van der Waals surface area contributed by atoms with Gasteiger partial charge >= 0.3 is 5.97 Å². The Morgan fingerprint density at radius 2 is 2.00 bits per heavy atom. The number of carboxylic acid groups (broad SMARTS) is 1. The summed E-state index contributed by atoms with van der Waals surface area (Å²) in [6, 6.07) is 9.32. The lowest BCUT2D eigenvalue weighted by molar-refractivity contribution is -0.152. The van der Waals surface area contributed by atoms with E-state index in [9.17, 15) is 14.7 Å². The molecule has 0 aliphatic carbocycles. The smallest absolute Gasteiger partial charge is 0.314 e. The third-order valence-corrected chi connectivity index (χ3v) is 5.57. The van der Waals surface area contributed by atoms with Gasteiger partial charge in [-0.1, -0.05) is 30.3 Å². The summed E-state index contributed by atoms with van der Waals surface area (Å²) in [7, 11) is 0. The van der Waals surface area contributed by atoms with Crippen LogP contribution in [0.2, 0.25) is 0 Å². The summed E-state index contributed by atoms with van der Waals surface area (Å²) < 4.78 is 11.2. The molecule has 2 fully saturated rings. The lowest BCUT2D eigenvalue weighted by Crippen LogP contribution is -2.51. The van der Waals surface area contributed by atoms with Gasteiger partial charge in [0.2, 0.25) is 0 Å². The van der Waals surface area contributed by atoms with Crippen LogP contribution in [0.4, 0.5) is 0 Å². The molecule has 0 bridgehead atoms. The second kappa shape index (κ2) is 8.18. The molecule has 2 aliphatic rings. The van der Waals surface area contributed by atoms with Gasteiger partial charge in [-0.15, -0.1) is 0 Å². The predicted octanol–water partition coefficient (Wildman–Crippen LogP) is 2.22. The van der Waals surface area contributed by atoms with Gasteiger partial charge < -0.3 is 19.5 Å². The Morgan fingerprint density at radius 3 is 2.58 bits per heavy atom. The number of aliphatic carboxylic acids is 1. The Bertz CT molecular complexity index is 618. The quantitative estimate of drug-likeness (QED) is 0.841. The van der Waals surface area contributed by atoms with Crippen LogP contribution in [0, 0.1) is 0 Å². The number of rotatable bonds is 6. The second-order valence-corrected chi connectivity index (χ2v) is 7.19. The molecule has 26 heavy (non-hydrogen) atoms. The minimum absolute atomic E-state index is 0.0740. The van der Waals surface area contributed by atoms with Crippen LogP contribution in [0.15, 0.2) is 30.3 Å². The van der Waals surface area contributed by atoms with Gasteiger partial charge in [-0.25, -0.2) is 0 Å². The summed E-state index contributed by atoms with van der Waals surface area (Å²) in [6.45, 7) is 3.80. The van der Waals surface area contributed by atoms with Gasteiger partial charge in [-0.2, -0.15) is 0 Å². The zero-order valence-corrected chi connectivity index (χ0v) is 15.2. The number of likely N-dealkylation sites (tertiary alicyclic amines) is 1. The average Bonchev–Trinajstić information content (AvgIpc) is 3.19. The minimum Gasteiger partial charge on any atom is -0.481 e. The number of nitrogens with zero attached hydrogens (tertiary/aromatic N) is 1. The van der Waals surface area contributed by atoms with Crippen LogP contribution in [0.1, 0.15) is 38.2 Å². The summed E-state index contributed by atoms with van der Waals surface area (Å²) in [5.74, 6) is -0.895. The fourth-order valence-corrected chi connectivity index (χ4v) is 3.85. The number of amides is 1. The van der Waals surface area contributed by atoms with Gasteiger partial charge in [0.25, 0.3) is 5.91 Å². The first-order chi connectivity index (χ1) is 12.5. The van der Waals surface area contributed by atoms with Crippen molar-refractivity contribution in [1.82, 2.24) is 4.90 Å². The highest BCUT2D eigenvalue weighted by Gasteiger charge is 2.44. The fourth-order valence-electron chi connectivity index (χ4n) is 3.85. The zero-order valence-electron chi connectivity index (χ0n) is 15.2. The number of ether oxygens (including phenoxy) is 2. The summed E-state index contributed by atoms with van der Waals surface area (Å²) >= 11 is 0. The Kier molecular flexibility index (Phi) is 5.94. The molecule has 6 heteroatoms. The molecule has 142 valence electrons. The molecule has 0 radical (unpaired) electrons. The molecule has 2 unspecified atom stereocenters. The molecule has 0 saturated carbocycles. The maximum Gasteiger partial charge on any atom is 0.314 e. The molecule has 1 N–H and O–H groups in total. The lowest BCUT2D eigenvalue weighted by atomic mass is 9.73. The molecule has 2 heterocycles. The van der Waals surface area contributed by atoms with Crippen molar-refractivity contribution < 1.29 is 24.2 Å². The van der Waals surface area contributed by atoms with Crippen molar-refractivity contribution in [1.29, 1.82) is 0 Å². The van der Waals surface area contributed by atoms with Crippen molar-refractivity contribution in [2.75, 3.05) is 26.3 Å². The van der Waals surface area contributed by atoms with Crippen molar-refractivity contribution in [3.05, 3.63) is 35.9 Å². The van der Waals surface area contributed by atoms with Crippen LogP contribution in [-0.2, 0) is 24.5 Å². The Morgan fingerprint density at radius 1 is 1.31 bits per heavy atom. The topological polar surface area (TPSA) is 76.1 Å². The minimum atomic E-state index is -0.917. The lowest BCUT2D eigenvalue weighted by Gasteiger charge is -2.40. The van der Waals surface area contributed by atoms with Crippen LogP contribution in [0.5, 0.6) is 0 Å². The zero-order chi connectivity index (χ0) is 18.6. The van der Waals surface area contributed by atoms with Crippen molar-refractivity contribution >= 4 is 11.9 Å². The molecule has 2 saturated heterocycles. The molecule has 2 atom stereocenters. The van der Waals surface area contributed by atoms with Crippen LogP contribution in [-0.4, -0.2) is 60.4 Å². The van der Waals surface area contributed by atoms with Gasteiger partial charge in [-0.3, -0.25) is 9.59 Å². The van der Waals surface area contributed by atoms with Gasteiger partial charge in [0, 0.05) is 19.7 Å². The van der Waals surface area contributed by atoms with E-state index in [2.05, 4.69) is 0 Å². The predicted molar refractivity (Wildman–Crippen MR) is 96.0 cm³/mol. The van der Waals surface area contributed by atoms with Gasteiger partial charge in [0.15, 0.2) is 0 Å². The highest BCUT2D eigenvalue weighted by Crippen LogP contribution is 2.36. The molecule has 1 aromatic carbocycles. The van der Waals surface area contributed by atoms with E-state index in [0.717, 1.165) is 25.0 Å². The number of piperidine rings is 1. The highest BCUT2D eigenvalue weighted by molar-refractivity contribution is 5.84. The maximum atomic E-state index is 12.6. The van der Waals surface area contributed by atoms with Gasteiger partial charge in [0.1, 0.15) is 6.10 Å². The number of carbonyl (C=O) groups excluding carboxylic acids is 1. The van der Waals surface area contributed by atoms with Gasteiger partial charge in [-0.05, 0) is 38.2 Å². The molecule has 1 amide bonds. The Hall–Kier alpha value is -1.92. The number of carboxylic acids is 1. The van der Waals surface area contributed by atoms with Crippen LogP contribution in [0.3, 0.4) is 0 Å². The summed E-state index contributed by atoms with van der Waals surface area (Å²) in [5, 5.41) is 9.84. The van der Waals surface area contributed by atoms with E-state index in [4.69, 9.17) is 9.47 Å². The fraction of sp³-hybridized carbons (Fsp3) is 0.600. The van der Waals surface area contributed by atoms with E-state index in [1.54, 1.807) is 11.8 Å². The largest absolute Gasteiger partial charge is 0.481 e. The molecule has 0 spiro atoms. The number of hydrogen-bond acceptors (Lipinski definition) is 4. The van der Waals surface area contributed by atoms with Crippen molar-refractivity contribution in [2.45, 2.75) is 50.2 Å². The van der Waals surface area contributed by atoms with Crippen molar-refractivity contribution in [2.24, 2.45) is 0 Å². The second-order valence-electron chi connectivity index (χ2n) is 7.19. The molecule has 6 nitrogen and oxygen atoms in total. The van der Waals surface area contributed by atoms with E-state index in [1.165, 1.54) is 0 Å². The maximum absolute atomic E-state index is 12.6. The monoisotopic (exact) mass is 361 g/mol. The van der Waals surface area contributed by atoms with E-state index >= 15 is 0 Å². The SMILES string of the molecule is CC(OCC1CCCO1)C(=O)N1CCC(C(=O)O)(c2ccccc2)CC1. The first-order valence-electron chi connectivity index (χ1n) is 9.34. The van der Waals surface area contributed by atoms with Crippen molar-refractivity contribution in [3.8, 4) is 0 Å². The van der Waals surface area contributed by atoms with E-state index in [1.807, 2.05) is 30.3 Å². The summed E-state index contributed by atoms with van der Waals surface area (Å²) in [6.07, 6.45) is 2.40. The standard InChI is InChI=1S/C20H27NO5/c1-15(26-14-17-8-5-13-25-17)18(22)21-11-9-20(10-12-21,19(23)24)16-6-3-2-4-7-16/h2-4,6-7,15,17H,5,8-14H2,1H3,(H,23,24). The molecule has 3 rings (SSSR count). The molecule has 2 aliphatic heterocycles. The normalized spacial score (nSPS) is 23.6. The average molecular weight is 361 g/mol. The molecular formula is C20H27NO5. The summed E-state index contributed by atoms with van der Waals surface area (Å²) in [4.78, 5) is 26.4. The Labute approximate surface area is 154 Å². The number of hydrogen-bond donors (Lipinski definition) is 1. The number of benzene rings is 1. The van der Waals surface area contributed by atoms with Crippen molar-refractivity contribution in [3.63, 3.8) is 0 Å². The molecule has 0 aromatic heterocycles. The number of carbonyl (C=O) groups is 2. The van der Waals surface area contributed by atoms with E-state index < -0.39 is 17.5 Å². The van der Waals surface area contributed by atoms with Crippen LogP contribution < -0.4 is 0 Å². The first kappa shape index (κ1) is 18.9. The highest BCUT2D eigenvalue weighted by atomic mass is 16.5. The van der Waals surface area contributed by atoms with E-state index in [0.29, 0.717) is 32.5 Å². The van der Waals surface area contributed by atoms with Crippen LogP contribution >= 0.6 is 0 Å². The first-order valence-corrected chi connectivity index (χ1v) is 9.34. The summed E-state index contributed by atoms with van der Waals surface area (Å²) in [5.41, 5.74) is -0.109. The third kappa shape index (κ3) is 3.91. The Balaban J connectivity index is 1.57. The van der Waals surface area contributed by atoms with Gasteiger partial charge in [0.05, 0.1) is 18.1 Å². The van der Waals surface area contributed by atoms with E-state index in [-0.39, 0.29) is 12.0 Å². The van der Waals surface area contributed by atoms with Crippen LogP contribution in [0.25, 0.3) is 0 Å².